The van der Waals surface area contributed by atoms with E-state index in [1.54, 1.807) is 24.3 Å². The number of amides is 3. The lowest BCUT2D eigenvalue weighted by Crippen LogP contribution is -2.54. The highest BCUT2D eigenvalue weighted by molar-refractivity contribution is 5.92. The monoisotopic (exact) mass is 549 g/mol. The van der Waals surface area contributed by atoms with E-state index in [1.165, 1.54) is 12.1 Å². The Balaban J connectivity index is 1.64. The number of aryl methyl sites for hydroxylation is 2. The standard InChI is InChI=1S/C32H40FN3O4/c1-3-8-28(31(38)34-26-10-5-6-11-26)36-32(39)29(19-15-23-13-17-25(33)18-14-23)35-30(37)20-16-24-9-7-12-27(22-24)40-21-4-2/h3-4,7,9,12-14,17-18,22,26,28-29H,1-2,5-6,8,10-11,15-16,19-21H2,(H,34,38)(H,35,37)(H,36,39)/t28?,29-/m0/s1. The van der Waals surface area contributed by atoms with Crippen LogP contribution in [-0.4, -0.2) is 42.5 Å². The lowest BCUT2D eigenvalue weighted by molar-refractivity contribution is -0.132. The van der Waals surface area contributed by atoms with Gasteiger partial charge in [0.05, 0.1) is 0 Å². The van der Waals surface area contributed by atoms with E-state index in [0.717, 1.165) is 36.8 Å². The fourth-order valence-corrected chi connectivity index (χ4v) is 4.74. The predicted molar refractivity (Wildman–Crippen MR) is 154 cm³/mol. The molecule has 1 fully saturated rings. The van der Waals surface area contributed by atoms with Crippen LogP contribution >= 0.6 is 0 Å². The van der Waals surface area contributed by atoms with E-state index < -0.39 is 18.0 Å². The van der Waals surface area contributed by atoms with E-state index in [-0.39, 0.29) is 36.5 Å². The zero-order valence-electron chi connectivity index (χ0n) is 23.0. The van der Waals surface area contributed by atoms with Gasteiger partial charge in [-0.25, -0.2) is 4.39 Å². The second kappa shape index (κ2) is 16.2. The van der Waals surface area contributed by atoms with E-state index in [0.29, 0.717) is 31.6 Å². The van der Waals surface area contributed by atoms with Gasteiger partial charge in [0.15, 0.2) is 0 Å². The number of rotatable bonds is 16. The Hall–Kier alpha value is -3.94. The van der Waals surface area contributed by atoms with Crippen molar-refractivity contribution in [1.82, 2.24) is 16.0 Å². The molecule has 0 saturated heterocycles. The van der Waals surface area contributed by atoms with Crippen LogP contribution in [0.25, 0.3) is 0 Å². The van der Waals surface area contributed by atoms with Gasteiger partial charge in [-0.15, -0.1) is 6.58 Å². The minimum Gasteiger partial charge on any atom is -0.490 e. The third-order valence-electron chi connectivity index (χ3n) is 6.93. The van der Waals surface area contributed by atoms with Gasteiger partial charge in [0, 0.05) is 12.5 Å². The third-order valence-corrected chi connectivity index (χ3v) is 6.93. The Morgan fingerprint density at radius 3 is 2.38 bits per heavy atom. The van der Waals surface area contributed by atoms with Crippen molar-refractivity contribution < 1.29 is 23.5 Å². The quantitative estimate of drug-likeness (QED) is 0.268. The molecule has 0 aromatic heterocycles. The molecule has 3 amide bonds. The summed E-state index contributed by atoms with van der Waals surface area (Å²) in [6, 6.07) is 12.0. The van der Waals surface area contributed by atoms with Gasteiger partial charge in [-0.3, -0.25) is 14.4 Å². The van der Waals surface area contributed by atoms with Crippen molar-refractivity contribution in [2.24, 2.45) is 0 Å². The molecule has 3 N–H and O–H groups in total. The molecule has 0 radical (unpaired) electrons. The molecule has 0 bridgehead atoms. The lowest BCUT2D eigenvalue weighted by Gasteiger charge is -2.24. The van der Waals surface area contributed by atoms with Crippen LogP contribution in [0.3, 0.4) is 0 Å². The Kier molecular flexibility index (Phi) is 12.4. The van der Waals surface area contributed by atoms with Crippen LogP contribution in [0.5, 0.6) is 5.75 Å². The van der Waals surface area contributed by atoms with Gasteiger partial charge in [0.2, 0.25) is 17.7 Å². The van der Waals surface area contributed by atoms with Crippen LogP contribution in [0.4, 0.5) is 4.39 Å². The van der Waals surface area contributed by atoms with Crippen molar-refractivity contribution in [3.8, 4) is 5.75 Å². The van der Waals surface area contributed by atoms with Crippen LogP contribution in [0, 0.1) is 5.82 Å². The van der Waals surface area contributed by atoms with Gasteiger partial charge in [-0.05, 0) is 73.9 Å². The Labute approximate surface area is 236 Å². The van der Waals surface area contributed by atoms with Crippen LogP contribution in [-0.2, 0) is 27.2 Å². The second-order valence-electron chi connectivity index (χ2n) is 10.1. The first-order chi connectivity index (χ1) is 19.4. The van der Waals surface area contributed by atoms with Crippen LogP contribution < -0.4 is 20.7 Å². The fraction of sp³-hybridized carbons (Fsp3) is 0.406. The Morgan fingerprint density at radius 2 is 1.68 bits per heavy atom. The molecule has 0 aliphatic heterocycles. The summed E-state index contributed by atoms with van der Waals surface area (Å²) < 4.78 is 18.9. The zero-order valence-corrected chi connectivity index (χ0v) is 23.0. The minimum atomic E-state index is -0.869. The average molecular weight is 550 g/mol. The van der Waals surface area contributed by atoms with Gasteiger partial charge in [0.1, 0.15) is 30.3 Å². The molecule has 3 rings (SSSR count). The largest absolute Gasteiger partial charge is 0.490 e. The first-order valence-corrected chi connectivity index (χ1v) is 14.0. The molecule has 2 atom stereocenters. The number of carbonyl (C=O) groups is 3. The molecule has 2 aromatic rings. The summed E-state index contributed by atoms with van der Waals surface area (Å²) in [6.07, 6.45) is 8.91. The van der Waals surface area contributed by atoms with E-state index >= 15 is 0 Å². The highest BCUT2D eigenvalue weighted by Gasteiger charge is 2.28. The molecular formula is C32H40FN3O4. The fourth-order valence-electron chi connectivity index (χ4n) is 4.74. The normalized spacial score (nSPS) is 14.5. The van der Waals surface area contributed by atoms with Crippen molar-refractivity contribution in [3.05, 3.63) is 90.8 Å². The number of hydrogen-bond acceptors (Lipinski definition) is 4. The zero-order chi connectivity index (χ0) is 28.7. The highest BCUT2D eigenvalue weighted by atomic mass is 19.1. The average Bonchev–Trinajstić information content (AvgIpc) is 3.47. The van der Waals surface area contributed by atoms with Crippen molar-refractivity contribution in [2.45, 2.75) is 75.9 Å². The molecule has 0 heterocycles. The molecule has 0 spiro atoms. The van der Waals surface area contributed by atoms with Crippen LogP contribution in [0.2, 0.25) is 0 Å². The molecular weight excluding hydrogens is 509 g/mol. The molecule has 1 saturated carbocycles. The maximum atomic E-state index is 13.4. The lowest BCUT2D eigenvalue weighted by atomic mass is 10.0. The van der Waals surface area contributed by atoms with E-state index in [9.17, 15) is 18.8 Å². The van der Waals surface area contributed by atoms with E-state index in [4.69, 9.17) is 4.74 Å². The van der Waals surface area contributed by atoms with Gasteiger partial charge < -0.3 is 20.7 Å². The summed E-state index contributed by atoms with van der Waals surface area (Å²) in [7, 11) is 0. The molecule has 1 aliphatic rings. The number of nitrogens with one attached hydrogen (secondary N) is 3. The predicted octanol–water partition coefficient (Wildman–Crippen LogP) is 4.56. The highest BCUT2D eigenvalue weighted by Crippen LogP contribution is 2.18. The summed E-state index contributed by atoms with van der Waals surface area (Å²) in [4.78, 5) is 39.2. The van der Waals surface area contributed by atoms with Crippen molar-refractivity contribution in [2.75, 3.05) is 6.61 Å². The molecule has 2 aromatic carbocycles. The second-order valence-corrected chi connectivity index (χ2v) is 10.1. The Morgan fingerprint density at radius 1 is 0.925 bits per heavy atom. The summed E-state index contributed by atoms with van der Waals surface area (Å²) in [6.45, 7) is 7.76. The maximum absolute atomic E-state index is 13.4. The van der Waals surface area contributed by atoms with Gasteiger partial charge in [-0.2, -0.15) is 0 Å². The SMILES string of the molecule is C=CCOc1cccc(CCC(=O)N[C@@H](CCc2ccc(F)cc2)C(=O)NC(CC=C)C(=O)NC2CCCC2)c1. The number of carbonyl (C=O) groups excluding carboxylic acids is 3. The van der Waals surface area contributed by atoms with Gasteiger partial charge in [-0.1, -0.05) is 55.8 Å². The van der Waals surface area contributed by atoms with Crippen molar-refractivity contribution >= 4 is 17.7 Å². The first kappa shape index (κ1) is 30.6. The number of ether oxygens (including phenoxy) is 1. The molecule has 214 valence electrons. The summed E-state index contributed by atoms with van der Waals surface area (Å²) in [5, 5.41) is 8.70. The maximum Gasteiger partial charge on any atom is 0.243 e. The van der Waals surface area contributed by atoms with Gasteiger partial charge in [0.25, 0.3) is 0 Å². The number of halogens is 1. The summed E-state index contributed by atoms with van der Waals surface area (Å²) in [5.74, 6) is -0.622. The molecule has 1 unspecified atom stereocenters. The summed E-state index contributed by atoms with van der Waals surface area (Å²) in [5.41, 5.74) is 1.77. The third kappa shape index (κ3) is 10.3. The molecule has 1 aliphatic carbocycles. The van der Waals surface area contributed by atoms with Crippen molar-refractivity contribution in [1.29, 1.82) is 0 Å². The molecule has 7 nitrogen and oxygen atoms in total. The van der Waals surface area contributed by atoms with E-state index in [1.807, 2.05) is 24.3 Å². The topological polar surface area (TPSA) is 96.5 Å². The van der Waals surface area contributed by atoms with E-state index in [2.05, 4.69) is 29.1 Å². The molecule has 8 heteroatoms. The first-order valence-electron chi connectivity index (χ1n) is 14.0. The van der Waals surface area contributed by atoms with Crippen LogP contribution in [0.1, 0.15) is 56.1 Å². The van der Waals surface area contributed by atoms with Crippen LogP contribution in [0.15, 0.2) is 73.8 Å². The Bertz CT molecular complexity index is 1150. The number of benzene rings is 2. The summed E-state index contributed by atoms with van der Waals surface area (Å²) >= 11 is 0. The smallest absolute Gasteiger partial charge is 0.243 e. The number of hydrogen-bond donors (Lipinski definition) is 3. The minimum absolute atomic E-state index is 0.117. The van der Waals surface area contributed by atoms with Gasteiger partial charge >= 0.3 is 0 Å². The molecule has 40 heavy (non-hydrogen) atoms. The van der Waals surface area contributed by atoms with Crippen molar-refractivity contribution in [3.63, 3.8) is 0 Å².